The molecule has 0 fully saturated rings. The van der Waals surface area contributed by atoms with Crippen LogP contribution in [0.25, 0.3) is 11.2 Å². The molecule has 0 saturated carbocycles. The Morgan fingerprint density at radius 2 is 1.55 bits per heavy atom. The van der Waals surface area contributed by atoms with E-state index in [9.17, 15) is 14.3 Å². The van der Waals surface area contributed by atoms with Crippen LogP contribution in [0.15, 0.2) is 11.1 Å². The molecule has 2 aromatic rings. The highest BCUT2D eigenvalue weighted by atomic mass is 31.2. The molecule has 0 aromatic carbocycles. The lowest BCUT2D eigenvalue weighted by molar-refractivity contribution is 0.0841. The number of rotatable bonds is 23. The van der Waals surface area contributed by atoms with Crippen molar-refractivity contribution in [3.05, 3.63) is 16.7 Å². The lowest BCUT2D eigenvalue weighted by Gasteiger charge is -2.13. The summed E-state index contributed by atoms with van der Waals surface area (Å²) in [5, 5.41) is 0. The highest BCUT2D eigenvalue weighted by molar-refractivity contribution is 7.52. The van der Waals surface area contributed by atoms with Gasteiger partial charge in [0, 0.05) is 19.6 Å². The number of unbranched alkanes of at least 4 members (excludes halogenated alkanes) is 12. The third-order valence-electron chi connectivity index (χ3n) is 6.55. The van der Waals surface area contributed by atoms with Crippen LogP contribution in [0.2, 0.25) is 19.6 Å². The van der Waals surface area contributed by atoms with Crippen LogP contribution < -0.4 is 11.3 Å². The molecule has 1 unspecified atom stereocenters. The Morgan fingerprint density at radius 3 is 2.19 bits per heavy atom. The van der Waals surface area contributed by atoms with E-state index in [0.29, 0.717) is 12.3 Å². The van der Waals surface area contributed by atoms with E-state index in [-0.39, 0.29) is 37.8 Å². The first-order chi connectivity index (χ1) is 20.1. The number of ether oxygens (including phenoxy) is 2. The zero-order valence-electron chi connectivity index (χ0n) is 25.9. The van der Waals surface area contributed by atoms with Crippen molar-refractivity contribution in [2.75, 3.05) is 38.5 Å². The maximum Gasteiger partial charge on any atom is 0.353 e. The summed E-state index contributed by atoms with van der Waals surface area (Å²) in [6.45, 7) is 8.20. The van der Waals surface area contributed by atoms with Crippen LogP contribution >= 0.6 is 7.60 Å². The Balaban J connectivity index is 1.35. The molecule has 42 heavy (non-hydrogen) atoms. The van der Waals surface area contributed by atoms with Crippen molar-refractivity contribution in [3.8, 4) is 11.5 Å². The number of aromatic amines is 1. The van der Waals surface area contributed by atoms with Crippen LogP contribution in [-0.4, -0.2) is 65.3 Å². The van der Waals surface area contributed by atoms with Gasteiger partial charge in [0.2, 0.25) is 5.95 Å². The number of nitrogen functional groups attached to an aromatic ring is 1. The quantitative estimate of drug-likeness (QED) is 0.0597. The van der Waals surface area contributed by atoms with Gasteiger partial charge in [0.25, 0.3) is 5.56 Å². The third-order valence-corrected chi connectivity index (χ3v) is 8.57. The van der Waals surface area contributed by atoms with Crippen molar-refractivity contribution in [1.82, 2.24) is 19.5 Å². The van der Waals surface area contributed by atoms with Gasteiger partial charge >= 0.3 is 7.60 Å². The number of aromatic nitrogens is 4. The number of H-pyrrole nitrogens is 1. The second-order valence-corrected chi connectivity index (χ2v) is 18.3. The maximum absolute atomic E-state index is 12.1. The number of hydrogen-bond acceptors (Lipinski definition) is 8. The van der Waals surface area contributed by atoms with Gasteiger partial charge in [-0.1, -0.05) is 83.8 Å². The SMILES string of the molecule is C[Si](C)(C)C#CCCCCCCCCCCCCCCOCCOP(=O)(O)COCCn1cnc2c(=O)[nH]c(N)nc21. The summed E-state index contributed by atoms with van der Waals surface area (Å²) >= 11 is 0. The first-order valence-corrected chi connectivity index (χ1v) is 20.7. The average molecular weight is 626 g/mol. The number of hydrogen-bond donors (Lipinski definition) is 3. The summed E-state index contributed by atoms with van der Waals surface area (Å²) in [6, 6.07) is 0. The third kappa shape index (κ3) is 16.6. The summed E-state index contributed by atoms with van der Waals surface area (Å²) in [4.78, 5) is 32.2. The maximum atomic E-state index is 12.1. The minimum Gasteiger partial charge on any atom is -0.379 e. The molecule has 1 atom stereocenters. The molecule has 2 aromatic heterocycles. The van der Waals surface area contributed by atoms with Gasteiger partial charge in [0.15, 0.2) is 11.2 Å². The van der Waals surface area contributed by atoms with E-state index in [2.05, 4.69) is 46.1 Å². The molecule has 0 bridgehead atoms. The van der Waals surface area contributed by atoms with E-state index in [1.807, 2.05) is 0 Å². The molecule has 4 N–H and O–H groups in total. The smallest absolute Gasteiger partial charge is 0.353 e. The molecular formula is C29H52N5O6PSi. The van der Waals surface area contributed by atoms with Gasteiger partial charge in [0.1, 0.15) is 14.4 Å². The largest absolute Gasteiger partial charge is 0.379 e. The van der Waals surface area contributed by atoms with Gasteiger partial charge in [-0.15, -0.1) is 11.5 Å². The summed E-state index contributed by atoms with van der Waals surface area (Å²) in [6.07, 6.45) is 17.3. The minimum atomic E-state index is -3.88. The number of fused-ring (bicyclic) bond motifs is 1. The van der Waals surface area contributed by atoms with E-state index in [4.69, 9.17) is 19.7 Å². The van der Waals surface area contributed by atoms with E-state index < -0.39 is 27.6 Å². The van der Waals surface area contributed by atoms with Crippen LogP contribution in [0.3, 0.4) is 0 Å². The Kier molecular flexibility index (Phi) is 17.3. The first-order valence-electron chi connectivity index (χ1n) is 15.4. The Morgan fingerprint density at radius 1 is 0.929 bits per heavy atom. The number of nitrogens with zero attached hydrogens (tertiary/aromatic N) is 3. The normalized spacial score (nSPS) is 13.2. The molecule has 0 radical (unpaired) electrons. The van der Waals surface area contributed by atoms with Crippen LogP contribution in [0.5, 0.6) is 0 Å². The Labute approximate surface area is 251 Å². The fraction of sp³-hybridized carbons (Fsp3) is 0.759. The monoisotopic (exact) mass is 625 g/mol. The van der Waals surface area contributed by atoms with E-state index in [0.717, 1.165) is 19.3 Å². The molecule has 0 aliphatic rings. The topological polar surface area (TPSA) is 155 Å². The van der Waals surface area contributed by atoms with Crippen LogP contribution in [0, 0.1) is 11.5 Å². The van der Waals surface area contributed by atoms with Gasteiger partial charge < -0.3 is 29.2 Å². The number of nitrogens with two attached hydrogens (primary N) is 1. The molecular weight excluding hydrogens is 573 g/mol. The summed E-state index contributed by atoms with van der Waals surface area (Å²) in [7, 11) is -5.08. The van der Waals surface area contributed by atoms with Crippen molar-refractivity contribution in [2.24, 2.45) is 0 Å². The number of nitrogens with one attached hydrogen (secondary N) is 1. The molecule has 0 spiro atoms. The van der Waals surface area contributed by atoms with Gasteiger partial charge in [-0.2, -0.15) is 4.98 Å². The van der Waals surface area contributed by atoms with Crippen LogP contribution in [0.1, 0.15) is 83.5 Å². The van der Waals surface area contributed by atoms with Gasteiger partial charge in [0.05, 0.1) is 26.1 Å². The van der Waals surface area contributed by atoms with Gasteiger partial charge in [-0.25, -0.2) is 4.98 Å². The first kappa shape index (κ1) is 36.2. The molecule has 2 rings (SSSR count). The van der Waals surface area contributed by atoms with Crippen LogP contribution in [-0.2, 0) is 25.1 Å². The summed E-state index contributed by atoms with van der Waals surface area (Å²) in [5.74, 6) is 3.35. The van der Waals surface area contributed by atoms with Gasteiger partial charge in [-0.05, 0) is 12.8 Å². The zero-order valence-corrected chi connectivity index (χ0v) is 27.8. The standard InChI is InChI=1S/C29H52N5O6PSi/c1-42(2,3)23-17-15-13-11-9-7-5-4-6-8-10-12-14-16-19-38-21-22-40-41(36,37)25-39-20-18-34-24-31-26-27(34)32-29(30)33-28(26)35/h24H,4-16,18-22,25H2,1-3H3,(H,36,37)(H3,30,32,33,35). The Hall–Kier alpha value is -2.00. The van der Waals surface area contributed by atoms with Crippen molar-refractivity contribution in [1.29, 1.82) is 0 Å². The minimum absolute atomic E-state index is 0.0111. The molecule has 0 aliphatic heterocycles. The lowest BCUT2D eigenvalue weighted by Crippen LogP contribution is -2.16. The lowest BCUT2D eigenvalue weighted by atomic mass is 10.0. The molecule has 238 valence electrons. The molecule has 13 heteroatoms. The molecule has 2 heterocycles. The fourth-order valence-electron chi connectivity index (χ4n) is 4.37. The summed E-state index contributed by atoms with van der Waals surface area (Å²) < 4.78 is 29.6. The second kappa shape index (κ2) is 20.0. The molecule has 0 amide bonds. The predicted molar refractivity (Wildman–Crippen MR) is 171 cm³/mol. The van der Waals surface area contributed by atoms with Crippen molar-refractivity contribution >= 4 is 32.8 Å². The van der Waals surface area contributed by atoms with E-state index >= 15 is 0 Å². The van der Waals surface area contributed by atoms with E-state index in [1.165, 1.54) is 70.5 Å². The number of imidazole rings is 1. The zero-order chi connectivity index (χ0) is 30.7. The van der Waals surface area contributed by atoms with Crippen molar-refractivity contribution in [3.63, 3.8) is 0 Å². The molecule has 11 nitrogen and oxygen atoms in total. The molecule has 0 aliphatic carbocycles. The molecule has 0 saturated heterocycles. The van der Waals surface area contributed by atoms with Crippen molar-refractivity contribution in [2.45, 2.75) is 110 Å². The average Bonchev–Trinajstić information content (AvgIpc) is 3.32. The highest BCUT2D eigenvalue weighted by Gasteiger charge is 2.19. The van der Waals surface area contributed by atoms with Crippen LogP contribution in [0.4, 0.5) is 5.95 Å². The predicted octanol–water partition coefficient (Wildman–Crippen LogP) is 5.85. The Bertz CT molecular complexity index is 1200. The number of anilines is 1. The highest BCUT2D eigenvalue weighted by Crippen LogP contribution is 2.41. The second-order valence-electron chi connectivity index (χ2n) is 11.7. The van der Waals surface area contributed by atoms with Crippen molar-refractivity contribution < 1.29 is 23.5 Å². The summed E-state index contributed by atoms with van der Waals surface area (Å²) in [5.41, 5.74) is 9.09. The van der Waals surface area contributed by atoms with Gasteiger partial charge in [-0.3, -0.25) is 14.3 Å². The fourth-order valence-corrected chi connectivity index (χ4v) is 5.82. The van der Waals surface area contributed by atoms with E-state index in [1.54, 1.807) is 4.57 Å².